The normalized spacial score (nSPS) is 10.6. The molecule has 0 saturated heterocycles. The Kier molecular flexibility index (Phi) is 5.83. The number of aryl methyl sites for hydroxylation is 1. The molecule has 0 radical (unpaired) electrons. The summed E-state index contributed by atoms with van der Waals surface area (Å²) in [5.41, 5.74) is 1.75. The second-order valence-corrected chi connectivity index (χ2v) is 6.97. The second-order valence-electron chi connectivity index (χ2n) is 5.71. The average Bonchev–Trinajstić information content (AvgIpc) is 3.04. The fourth-order valence-corrected chi connectivity index (χ4v) is 3.64. The van der Waals surface area contributed by atoms with Crippen molar-refractivity contribution in [2.24, 2.45) is 0 Å². The van der Waals surface area contributed by atoms with Crippen molar-refractivity contribution >= 4 is 39.8 Å². The van der Waals surface area contributed by atoms with Crippen LogP contribution in [0.5, 0.6) is 0 Å². The molecule has 1 aromatic carbocycles. The maximum atomic E-state index is 13.2. The van der Waals surface area contributed by atoms with Crippen LogP contribution >= 0.6 is 22.9 Å². The van der Waals surface area contributed by atoms with E-state index in [9.17, 15) is 19.1 Å². The molecule has 27 heavy (non-hydrogen) atoms. The highest BCUT2D eigenvalue weighted by atomic mass is 35.5. The van der Waals surface area contributed by atoms with Crippen molar-refractivity contribution < 1.29 is 19.1 Å². The topological polar surface area (TPSA) is 79.3 Å². The summed E-state index contributed by atoms with van der Waals surface area (Å²) < 4.78 is 13.2. The van der Waals surface area contributed by atoms with Gasteiger partial charge in [0, 0.05) is 29.1 Å². The molecule has 0 aliphatic heterocycles. The van der Waals surface area contributed by atoms with E-state index in [2.05, 4.69) is 10.3 Å². The lowest BCUT2D eigenvalue weighted by atomic mass is 10.1. The Morgan fingerprint density at radius 1 is 1.26 bits per heavy atom. The summed E-state index contributed by atoms with van der Waals surface area (Å²) in [7, 11) is 0. The van der Waals surface area contributed by atoms with Crippen LogP contribution in [0.1, 0.15) is 22.3 Å². The number of benzene rings is 1. The molecule has 5 nitrogen and oxygen atoms in total. The number of aromatic nitrogens is 1. The maximum absolute atomic E-state index is 13.2. The Labute approximate surface area is 163 Å². The molecule has 3 rings (SSSR count). The Morgan fingerprint density at radius 3 is 2.74 bits per heavy atom. The van der Waals surface area contributed by atoms with E-state index in [0.717, 1.165) is 11.3 Å². The minimum atomic E-state index is -1.15. The monoisotopic (exact) mass is 404 g/mol. The molecule has 8 heteroatoms. The van der Waals surface area contributed by atoms with Crippen LogP contribution in [-0.4, -0.2) is 22.0 Å². The van der Waals surface area contributed by atoms with Crippen LogP contribution < -0.4 is 5.32 Å². The standard InChI is InChI=1S/C19H14ClFN2O3S/c20-15-6-5-12(9-22-15)14-10-27-18(17(14)19(25)26)23-16(24)7-4-11-2-1-3-13(21)8-11/h1-3,5-6,8-10H,4,7H2,(H,23,24)(H,25,26). The fraction of sp³-hybridized carbons (Fsp3) is 0.105. The number of carbonyl (C=O) groups is 2. The summed E-state index contributed by atoms with van der Waals surface area (Å²) in [5.74, 6) is -1.86. The van der Waals surface area contributed by atoms with Gasteiger partial charge in [-0.3, -0.25) is 4.79 Å². The zero-order chi connectivity index (χ0) is 19.4. The van der Waals surface area contributed by atoms with Crippen molar-refractivity contribution in [2.75, 3.05) is 5.32 Å². The van der Waals surface area contributed by atoms with Gasteiger partial charge in [-0.25, -0.2) is 14.2 Å². The van der Waals surface area contributed by atoms with Crippen molar-refractivity contribution in [3.8, 4) is 11.1 Å². The van der Waals surface area contributed by atoms with Gasteiger partial charge in [-0.2, -0.15) is 0 Å². The van der Waals surface area contributed by atoms with Crippen molar-refractivity contribution in [1.29, 1.82) is 0 Å². The molecule has 2 heterocycles. The molecular formula is C19H14ClFN2O3S. The Bertz CT molecular complexity index is 989. The van der Waals surface area contributed by atoms with Crippen molar-refractivity contribution in [3.63, 3.8) is 0 Å². The van der Waals surface area contributed by atoms with Crippen molar-refractivity contribution in [2.45, 2.75) is 12.8 Å². The van der Waals surface area contributed by atoms with E-state index in [4.69, 9.17) is 11.6 Å². The number of rotatable bonds is 6. The van der Waals surface area contributed by atoms with Crippen LogP contribution in [0.2, 0.25) is 5.15 Å². The molecule has 0 bridgehead atoms. The van der Waals surface area contributed by atoms with Gasteiger partial charge in [0.2, 0.25) is 5.91 Å². The van der Waals surface area contributed by atoms with Crippen LogP contribution in [0.15, 0.2) is 48.0 Å². The second kappa shape index (κ2) is 8.28. The quantitative estimate of drug-likeness (QED) is 0.574. The van der Waals surface area contributed by atoms with Crippen molar-refractivity contribution in [3.05, 3.63) is 70.1 Å². The molecule has 0 fully saturated rings. The van der Waals surface area contributed by atoms with Crippen LogP contribution in [0.4, 0.5) is 9.39 Å². The summed E-state index contributed by atoms with van der Waals surface area (Å²) in [4.78, 5) is 27.9. The van der Waals surface area contributed by atoms with Crippen LogP contribution in [-0.2, 0) is 11.2 Å². The van der Waals surface area contributed by atoms with E-state index in [1.54, 1.807) is 29.6 Å². The average molecular weight is 405 g/mol. The number of carbonyl (C=O) groups excluding carboxylic acids is 1. The number of pyridine rings is 1. The van der Waals surface area contributed by atoms with E-state index in [0.29, 0.717) is 28.3 Å². The third kappa shape index (κ3) is 4.69. The molecule has 2 N–H and O–H groups in total. The van der Waals surface area contributed by atoms with E-state index in [-0.39, 0.29) is 28.7 Å². The Morgan fingerprint density at radius 2 is 2.07 bits per heavy atom. The molecule has 0 aliphatic carbocycles. The first-order chi connectivity index (χ1) is 12.9. The molecule has 0 aliphatic rings. The van der Waals surface area contributed by atoms with E-state index < -0.39 is 5.97 Å². The number of anilines is 1. The SMILES string of the molecule is O=C(CCc1cccc(F)c1)Nc1scc(-c2ccc(Cl)nc2)c1C(=O)O. The van der Waals surface area contributed by atoms with E-state index >= 15 is 0 Å². The third-order valence-corrected chi connectivity index (χ3v) is 4.95. The molecule has 0 spiro atoms. The minimum Gasteiger partial charge on any atom is -0.478 e. The molecule has 0 unspecified atom stereocenters. The number of carboxylic acid groups (broad SMARTS) is 1. The highest BCUT2D eigenvalue weighted by Crippen LogP contribution is 2.35. The van der Waals surface area contributed by atoms with Gasteiger partial charge in [-0.05, 0) is 36.2 Å². The number of carboxylic acids is 1. The van der Waals surface area contributed by atoms with Crippen LogP contribution in [0, 0.1) is 5.82 Å². The van der Waals surface area contributed by atoms with E-state index in [1.165, 1.54) is 18.3 Å². The predicted octanol–water partition coefficient (Wildman–Crippen LogP) is 4.87. The van der Waals surface area contributed by atoms with Gasteiger partial charge in [-0.15, -0.1) is 11.3 Å². The van der Waals surface area contributed by atoms with Gasteiger partial charge >= 0.3 is 5.97 Å². The number of thiophene rings is 1. The fourth-order valence-electron chi connectivity index (χ4n) is 2.55. The first-order valence-corrected chi connectivity index (χ1v) is 9.21. The molecule has 3 aromatic rings. The maximum Gasteiger partial charge on any atom is 0.339 e. The van der Waals surface area contributed by atoms with Gasteiger partial charge < -0.3 is 10.4 Å². The number of aromatic carboxylic acids is 1. The van der Waals surface area contributed by atoms with E-state index in [1.807, 2.05) is 0 Å². The molecule has 0 saturated carbocycles. The Hall–Kier alpha value is -2.77. The predicted molar refractivity (Wildman–Crippen MR) is 103 cm³/mol. The van der Waals surface area contributed by atoms with Crippen LogP contribution in [0.25, 0.3) is 11.1 Å². The number of nitrogens with zero attached hydrogens (tertiary/aromatic N) is 1. The van der Waals surface area contributed by atoms with Crippen molar-refractivity contribution in [1.82, 2.24) is 4.98 Å². The zero-order valence-corrected chi connectivity index (χ0v) is 15.5. The first-order valence-electron chi connectivity index (χ1n) is 7.95. The largest absolute Gasteiger partial charge is 0.478 e. The molecule has 1 amide bonds. The minimum absolute atomic E-state index is 0.00299. The third-order valence-electron chi connectivity index (χ3n) is 3.83. The van der Waals surface area contributed by atoms with Gasteiger partial charge in [0.1, 0.15) is 21.5 Å². The molecule has 138 valence electrons. The van der Waals surface area contributed by atoms with Gasteiger partial charge in [0.05, 0.1) is 0 Å². The smallest absolute Gasteiger partial charge is 0.339 e. The zero-order valence-electron chi connectivity index (χ0n) is 13.9. The van der Waals surface area contributed by atoms with Gasteiger partial charge in [-0.1, -0.05) is 23.7 Å². The number of hydrogen-bond donors (Lipinski definition) is 2. The summed E-state index contributed by atoms with van der Waals surface area (Å²) in [5, 5.41) is 14.4. The molecule has 2 aromatic heterocycles. The number of hydrogen-bond acceptors (Lipinski definition) is 4. The summed E-state index contributed by atoms with van der Waals surface area (Å²) in [6.07, 6.45) is 1.94. The first kappa shape index (κ1) is 19.0. The van der Waals surface area contributed by atoms with Crippen LogP contribution in [0.3, 0.4) is 0 Å². The molecule has 0 atom stereocenters. The molecular weight excluding hydrogens is 391 g/mol. The highest BCUT2D eigenvalue weighted by Gasteiger charge is 2.21. The highest BCUT2D eigenvalue weighted by molar-refractivity contribution is 7.15. The summed E-state index contributed by atoms with van der Waals surface area (Å²) >= 11 is 6.89. The number of nitrogens with one attached hydrogen (secondary N) is 1. The lowest BCUT2D eigenvalue weighted by Gasteiger charge is -2.06. The number of halogens is 2. The van der Waals surface area contributed by atoms with Gasteiger partial charge in [0.25, 0.3) is 0 Å². The Balaban J connectivity index is 1.75. The number of amides is 1. The lowest BCUT2D eigenvalue weighted by molar-refractivity contribution is -0.116. The lowest BCUT2D eigenvalue weighted by Crippen LogP contribution is -2.14. The summed E-state index contributed by atoms with van der Waals surface area (Å²) in [6, 6.07) is 9.25. The summed E-state index contributed by atoms with van der Waals surface area (Å²) in [6.45, 7) is 0. The van der Waals surface area contributed by atoms with Gasteiger partial charge in [0.15, 0.2) is 0 Å².